The van der Waals surface area contributed by atoms with Crippen LogP contribution in [0.15, 0.2) is 67.9 Å². The summed E-state index contributed by atoms with van der Waals surface area (Å²) in [6.07, 6.45) is 1.94. The van der Waals surface area contributed by atoms with Gasteiger partial charge in [-0.1, -0.05) is 30.3 Å². The second-order valence-electron chi connectivity index (χ2n) is 6.79. The number of amides is 1. The van der Waals surface area contributed by atoms with Crippen molar-refractivity contribution < 1.29 is 13.6 Å². The molecule has 1 aliphatic carbocycles. The first-order valence-corrected chi connectivity index (χ1v) is 9.85. The number of fused-ring (bicyclic) bond motifs is 1. The van der Waals surface area contributed by atoms with Crippen LogP contribution in [-0.4, -0.2) is 27.0 Å². The van der Waals surface area contributed by atoms with Crippen molar-refractivity contribution in [2.75, 3.05) is 0 Å². The number of hydrogen-bond acceptors (Lipinski definition) is 5. The lowest BCUT2D eigenvalue weighted by atomic mass is 10.2. The highest BCUT2D eigenvalue weighted by atomic mass is 79.9. The van der Waals surface area contributed by atoms with Crippen molar-refractivity contribution in [1.29, 1.82) is 0 Å². The Bertz CT molecular complexity index is 1130. The molecule has 1 fully saturated rings. The highest BCUT2D eigenvalue weighted by molar-refractivity contribution is 9.10. The molecule has 2 aromatic carbocycles. The highest BCUT2D eigenvalue weighted by Gasteiger charge is 2.35. The normalized spacial score (nSPS) is 13.8. The predicted molar refractivity (Wildman–Crippen MR) is 107 cm³/mol. The molecular formula is C21H16BrN3O3. The lowest BCUT2D eigenvalue weighted by Gasteiger charge is -2.18. The van der Waals surface area contributed by atoms with E-state index in [9.17, 15) is 4.79 Å². The van der Waals surface area contributed by atoms with Crippen LogP contribution in [-0.2, 0) is 6.54 Å². The molecule has 140 valence electrons. The minimum absolute atomic E-state index is 0.153. The molecule has 1 aliphatic rings. The van der Waals surface area contributed by atoms with Crippen molar-refractivity contribution in [2.24, 2.45) is 0 Å². The van der Waals surface area contributed by atoms with Gasteiger partial charge in [-0.15, -0.1) is 10.2 Å². The highest BCUT2D eigenvalue weighted by Crippen LogP contribution is 2.32. The van der Waals surface area contributed by atoms with Crippen LogP contribution >= 0.6 is 15.9 Å². The first-order chi connectivity index (χ1) is 13.7. The van der Waals surface area contributed by atoms with Gasteiger partial charge in [-0.05, 0) is 53.0 Å². The standard InChI is InChI=1S/C21H16BrN3O3/c22-16-7-3-2-6-15(16)20-24-23-19(28-20)12-25(14-9-10-14)21(26)18-11-13-5-1-4-8-17(13)27-18/h1-8,11,14H,9-10,12H2. The number of furan rings is 1. The van der Waals surface area contributed by atoms with Crippen LogP contribution in [0.2, 0.25) is 0 Å². The Labute approximate surface area is 169 Å². The quantitative estimate of drug-likeness (QED) is 0.436. The fraction of sp³-hybridized carbons (Fsp3) is 0.190. The summed E-state index contributed by atoms with van der Waals surface area (Å²) in [4.78, 5) is 14.8. The van der Waals surface area contributed by atoms with Crippen LogP contribution in [0.3, 0.4) is 0 Å². The molecule has 0 N–H and O–H groups in total. The Morgan fingerprint density at radius 2 is 1.86 bits per heavy atom. The molecular weight excluding hydrogens is 422 g/mol. The van der Waals surface area contributed by atoms with E-state index in [2.05, 4.69) is 26.1 Å². The first-order valence-electron chi connectivity index (χ1n) is 9.06. The maximum atomic E-state index is 13.1. The van der Waals surface area contributed by atoms with Crippen LogP contribution in [0, 0.1) is 0 Å². The van der Waals surface area contributed by atoms with E-state index in [4.69, 9.17) is 8.83 Å². The van der Waals surface area contributed by atoms with E-state index < -0.39 is 0 Å². The first kappa shape index (κ1) is 17.2. The SMILES string of the molecule is O=C(c1cc2ccccc2o1)N(Cc1nnc(-c2ccccc2Br)o1)C1CC1. The van der Waals surface area contributed by atoms with Crippen molar-refractivity contribution >= 4 is 32.8 Å². The number of para-hydroxylation sites is 1. The summed E-state index contributed by atoms with van der Waals surface area (Å²) in [5.41, 5.74) is 1.53. The van der Waals surface area contributed by atoms with Gasteiger partial charge in [0.2, 0.25) is 11.8 Å². The third-order valence-corrected chi connectivity index (χ3v) is 5.45. The van der Waals surface area contributed by atoms with Crippen molar-refractivity contribution in [1.82, 2.24) is 15.1 Å². The minimum atomic E-state index is -0.153. The van der Waals surface area contributed by atoms with Crippen LogP contribution in [0.4, 0.5) is 0 Å². The van der Waals surface area contributed by atoms with Gasteiger partial charge in [0, 0.05) is 15.9 Å². The molecule has 2 heterocycles. The third-order valence-electron chi connectivity index (χ3n) is 4.76. The Hall–Kier alpha value is -2.93. The van der Waals surface area contributed by atoms with E-state index in [0.29, 0.717) is 23.1 Å². The monoisotopic (exact) mass is 437 g/mol. The average Bonchev–Trinajstić information content (AvgIpc) is 3.28. The minimum Gasteiger partial charge on any atom is -0.451 e. The lowest BCUT2D eigenvalue weighted by Crippen LogP contribution is -2.32. The van der Waals surface area contributed by atoms with Gasteiger partial charge in [0.05, 0.1) is 12.1 Å². The van der Waals surface area contributed by atoms with E-state index in [1.54, 1.807) is 11.0 Å². The van der Waals surface area contributed by atoms with Crippen molar-refractivity contribution in [3.05, 3.63) is 70.7 Å². The third kappa shape index (κ3) is 3.22. The molecule has 28 heavy (non-hydrogen) atoms. The molecule has 1 saturated carbocycles. The summed E-state index contributed by atoms with van der Waals surface area (Å²) in [7, 11) is 0. The Kier molecular flexibility index (Phi) is 4.24. The molecule has 1 amide bonds. The van der Waals surface area contributed by atoms with Gasteiger partial charge in [-0.2, -0.15) is 0 Å². The molecule has 2 aromatic heterocycles. The maximum Gasteiger partial charge on any atom is 0.290 e. The van der Waals surface area contributed by atoms with Crippen LogP contribution in [0.5, 0.6) is 0 Å². The van der Waals surface area contributed by atoms with Gasteiger partial charge in [0.15, 0.2) is 5.76 Å². The number of halogens is 1. The number of carbonyl (C=O) groups is 1. The Morgan fingerprint density at radius 3 is 2.64 bits per heavy atom. The fourth-order valence-electron chi connectivity index (χ4n) is 3.19. The van der Waals surface area contributed by atoms with Gasteiger partial charge in [-0.25, -0.2) is 0 Å². The number of rotatable bonds is 5. The summed E-state index contributed by atoms with van der Waals surface area (Å²) in [6.45, 7) is 0.262. The number of hydrogen-bond donors (Lipinski definition) is 0. The summed E-state index contributed by atoms with van der Waals surface area (Å²) in [6, 6.07) is 17.2. The van der Waals surface area contributed by atoms with Gasteiger partial charge < -0.3 is 13.7 Å². The summed E-state index contributed by atoms with van der Waals surface area (Å²) < 4.78 is 12.5. The topological polar surface area (TPSA) is 72.4 Å². The second-order valence-corrected chi connectivity index (χ2v) is 7.65. The molecule has 0 bridgehead atoms. The number of nitrogens with zero attached hydrogens (tertiary/aromatic N) is 3. The lowest BCUT2D eigenvalue weighted by molar-refractivity contribution is 0.0684. The van der Waals surface area contributed by atoms with Gasteiger partial charge in [-0.3, -0.25) is 4.79 Å². The van der Waals surface area contributed by atoms with Crippen molar-refractivity contribution in [3.8, 4) is 11.5 Å². The van der Waals surface area contributed by atoms with E-state index in [1.807, 2.05) is 48.5 Å². The van der Waals surface area contributed by atoms with Crippen LogP contribution in [0.1, 0.15) is 29.3 Å². The molecule has 5 rings (SSSR count). The van der Waals surface area contributed by atoms with E-state index in [0.717, 1.165) is 28.3 Å². The average molecular weight is 438 g/mol. The Morgan fingerprint density at radius 1 is 1.07 bits per heavy atom. The molecule has 0 radical (unpaired) electrons. The zero-order chi connectivity index (χ0) is 19.1. The van der Waals surface area contributed by atoms with E-state index >= 15 is 0 Å². The summed E-state index contributed by atoms with van der Waals surface area (Å²) in [5, 5.41) is 9.19. The zero-order valence-corrected chi connectivity index (χ0v) is 16.4. The van der Waals surface area contributed by atoms with Crippen molar-refractivity contribution in [2.45, 2.75) is 25.4 Å². The van der Waals surface area contributed by atoms with Gasteiger partial charge in [0.1, 0.15) is 5.58 Å². The molecule has 4 aromatic rings. The predicted octanol–water partition coefficient (Wildman–Crippen LogP) is 5.05. The molecule has 0 aliphatic heterocycles. The Balaban J connectivity index is 1.41. The van der Waals surface area contributed by atoms with Crippen molar-refractivity contribution in [3.63, 3.8) is 0 Å². The number of benzene rings is 2. The van der Waals surface area contributed by atoms with E-state index in [-0.39, 0.29) is 18.5 Å². The zero-order valence-electron chi connectivity index (χ0n) is 14.8. The smallest absolute Gasteiger partial charge is 0.290 e. The fourth-order valence-corrected chi connectivity index (χ4v) is 3.64. The molecule has 0 spiro atoms. The van der Waals surface area contributed by atoms with Gasteiger partial charge >= 0.3 is 0 Å². The van der Waals surface area contributed by atoms with Crippen LogP contribution in [0.25, 0.3) is 22.4 Å². The summed E-state index contributed by atoms with van der Waals surface area (Å²) in [5.74, 6) is 1.01. The van der Waals surface area contributed by atoms with E-state index in [1.165, 1.54) is 0 Å². The van der Waals surface area contributed by atoms with Crippen LogP contribution < -0.4 is 0 Å². The largest absolute Gasteiger partial charge is 0.451 e. The molecule has 7 heteroatoms. The second kappa shape index (κ2) is 6.91. The number of carbonyl (C=O) groups excluding carboxylic acids is 1. The van der Waals surface area contributed by atoms with Gasteiger partial charge in [0.25, 0.3) is 5.91 Å². The maximum absolute atomic E-state index is 13.1. The molecule has 0 unspecified atom stereocenters. The molecule has 6 nitrogen and oxygen atoms in total. The molecule has 0 atom stereocenters. The number of aromatic nitrogens is 2. The summed E-state index contributed by atoms with van der Waals surface area (Å²) >= 11 is 3.49. The molecule has 0 saturated heterocycles.